The van der Waals surface area contributed by atoms with E-state index in [9.17, 15) is 0 Å². The summed E-state index contributed by atoms with van der Waals surface area (Å²) in [6.45, 7) is 1.92. The Kier molecular flexibility index (Phi) is 3.21. The first-order valence-corrected chi connectivity index (χ1v) is 5.62. The molecule has 2 rings (SSSR count). The Bertz CT molecular complexity index is 489. The van der Waals surface area contributed by atoms with Crippen molar-refractivity contribution >= 4 is 34.0 Å². The van der Waals surface area contributed by atoms with Crippen LogP contribution in [0.5, 0.6) is 5.75 Å². The van der Waals surface area contributed by atoms with Gasteiger partial charge in [0.1, 0.15) is 5.75 Å². The summed E-state index contributed by atoms with van der Waals surface area (Å²) in [7, 11) is 1.61. The van der Waals surface area contributed by atoms with Crippen LogP contribution in [0.3, 0.4) is 0 Å². The first kappa shape index (κ1) is 11.1. The highest BCUT2D eigenvalue weighted by atomic mass is 35.5. The number of anilines is 2. The highest BCUT2D eigenvalue weighted by Crippen LogP contribution is 2.33. The number of halogens is 1. The molecule has 2 aromatic rings. The quantitative estimate of drug-likeness (QED) is 0.915. The summed E-state index contributed by atoms with van der Waals surface area (Å²) in [5.74, 6) is 0.736. The zero-order chi connectivity index (χ0) is 11.5. The number of hydrogen-bond acceptors (Lipinski definition) is 6. The molecule has 0 amide bonds. The minimum atomic E-state index is 0.597. The number of aromatic nitrogens is 3. The summed E-state index contributed by atoms with van der Waals surface area (Å²) in [5.41, 5.74) is 1.71. The molecule has 84 valence electrons. The summed E-state index contributed by atoms with van der Waals surface area (Å²) >= 11 is 7.14. The van der Waals surface area contributed by atoms with Gasteiger partial charge in [-0.3, -0.25) is 0 Å². The van der Waals surface area contributed by atoms with Crippen LogP contribution in [-0.4, -0.2) is 21.9 Å². The maximum absolute atomic E-state index is 5.98. The summed E-state index contributed by atoms with van der Waals surface area (Å²) in [6, 6.07) is 3.61. The van der Waals surface area contributed by atoms with Crippen LogP contribution in [0.15, 0.2) is 12.1 Å². The van der Waals surface area contributed by atoms with Gasteiger partial charge >= 0.3 is 0 Å². The van der Waals surface area contributed by atoms with Crippen molar-refractivity contribution in [2.24, 2.45) is 0 Å². The van der Waals surface area contributed by atoms with E-state index < -0.39 is 0 Å². The molecule has 1 heterocycles. The normalized spacial score (nSPS) is 10.2. The third-order valence-corrected chi connectivity index (χ3v) is 2.71. The molecule has 0 aliphatic rings. The topological polar surface area (TPSA) is 59.9 Å². The van der Waals surface area contributed by atoms with Crippen molar-refractivity contribution in [2.45, 2.75) is 6.92 Å². The molecule has 0 atom stereocenters. The van der Waals surface area contributed by atoms with Crippen molar-refractivity contribution in [1.29, 1.82) is 0 Å². The van der Waals surface area contributed by atoms with E-state index in [1.54, 1.807) is 13.2 Å². The molecule has 7 heteroatoms. The molecule has 0 saturated heterocycles. The number of hydrogen-bond donors (Lipinski definition) is 1. The van der Waals surface area contributed by atoms with Gasteiger partial charge in [-0.2, -0.15) is 0 Å². The van der Waals surface area contributed by atoms with Gasteiger partial charge in [0.25, 0.3) is 0 Å². The van der Waals surface area contributed by atoms with Gasteiger partial charge in [-0.05, 0) is 29.8 Å². The second-order valence-electron chi connectivity index (χ2n) is 3.10. The fourth-order valence-electron chi connectivity index (χ4n) is 1.39. The average Bonchev–Trinajstić information content (AvgIpc) is 2.70. The van der Waals surface area contributed by atoms with E-state index in [1.165, 1.54) is 11.5 Å². The van der Waals surface area contributed by atoms with Gasteiger partial charge in [-0.15, -0.1) is 0 Å². The van der Waals surface area contributed by atoms with Crippen LogP contribution in [0.25, 0.3) is 0 Å². The molecule has 0 fully saturated rings. The Labute approximate surface area is 102 Å². The molecular formula is C9H9ClN4OS. The number of aryl methyl sites for hydroxylation is 1. The lowest BCUT2D eigenvalue weighted by Gasteiger charge is -2.11. The molecule has 1 N–H and O–H groups in total. The van der Waals surface area contributed by atoms with Gasteiger partial charge in [-0.25, -0.2) is 0 Å². The molecule has 1 aromatic carbocycles. The highest BCUT2D eigenvalue weighted by molar-refractivity contribution is 7.09. The monoisotopic (exact) mass is 256 g/mol. The van der Waals surface area contributed by atoms with Crippen LogP contribution in [-0.2, 0) is 0 Å². The Morgan fingerprint density at radius 1 is 1.44 bits per heavy atom. The van der Waals surface area contributed by atoms with Crippen LogP contribution in [0, 0.1) is 6.92 Å². The second-order valence-corrected chi connectivity index (χ2v) is 4.27. The smallest absolute Gasteiger partial charge is 0.229 e. The largest absolute Gasteiger partial charge is 0.494 e. The maximum atomic E-state index is 5.98. The highest BCUT2D eigenvalue weighted by Gasteiger charge is 2.09. The van der Waals surface area contributed by atoms with Crippen molar-refractivity contribution in [1.82, 2.24) is 14.8 Å². The van der Waals surface area contributed by atoms with E-state index >= 15 is 0 Å². The van der Waals surface area contributed by atoms with Crippen molar-refractivity contribution in [2.75, 3.05) is 12.4 Å². The number of nitrogens with zero attached hydrogens (tertiary/aromatic N) is 3. The van der Waals surface area contributed by atoms with Gasteiger partial charge in [0.05, 0.1) is 12.8 Å². The van der Waals surface area contributed by atoms with Crippen LogP contribution in [0.4, 0.5) is 10.8 Å². The number of nitrogens with one attached hydrogen (secondary N) is 1. The van der Waals surface area contributed by atoms with E-state index in [-0.39, 0.29) is 0 Å². The van der Waals surface area contributed by atoms with Gasteiger partial charge in [0, 0.05) is 16.6 Å². The van der Waals surface area contributed by atoms with Crippen molar-refractivity contribution in [3.63, 3.8) is 0 Å². The molecule has 1 aromatic heterocycles. The first-order chi connectivity index (χ1) is 7.70. The summed E-state index contributed by atoms with van der Waals surface area (Å²) in [5, 5.41) is 11.6. The van der Waals surface area contributed by atoms with Crippen LogP contribution in [0.2, 0.25) is 5.02 Å². The fourth-order valence-corrected chi connectivity index (χ4v) is 2.04. The standard InChI is InChI=1S/C9H9ClN4OS/c1-5-3-6(10)4-7(8(5)15-2)11-9-12-13-14-16-9/h3-4H,1-2H3,(H,11,12,14). The summed E-state index contributed by atoms with van der Waals surface area (Å²) in [4.78, 5) is 0. The third-order valence-electron chi connectivity index (χ3n) is 1.98. The van der Waals surface area contributed by atoms with E-state index in [2.05, 4.69) is 20.1 Å². The van der Waals surface area contributed by atoms with Crippen molar-refractivity contribution in [3.8, 4) is 5.75 Å². The van der Waals surface area contributed by atoms with Gasteiger partial charge in [0.2, 0.25) is 5.13 Å². The Morgan fingerprint density at radius 2 is 2.25 bits per heavy atom. The van der Waals surface area contributed by atoms with Crippen molar-refractivity contribution < 1.29 is 4.74 Å². The molecule has 0 aliphatic carbocycles. The lowest BCUT2D eigenvalue weighted by atomic mass is 10.2. The molecule has 0 spiro atoms. The van der Waals surface area contributed by atoms with E-state index in [0.29, 0.717) is 10.2 Å². The Balaban J connectivity index is 2.39. The van der Waals surface area contributed by atoms with E-state index in [1.807, 2.05) is 13.0 Å². The lowest BCUT2D eigenvalue weighted by Crippen LogP contribution is -1.96. The minimum absolute atomic E-state index is 0.597. The number of methoxy groups -OCH3 is 1. The van der Waals surface area contributed by atoms with Crippen LogP contribution in [0.1, 0.15) is 5.56 Å². The second kappa shape index (κ2) is 4.63. The lowest BCUT2D eigenvalue weighted by molar-refractivity contribution is 0.414. The molecule has 0 bridgehead atoms. The molecule has 0 unspecified atom stereocenters. The molecule has 0 radical (unpaired) electrons. The fraction of sp³-hybridized carbons (Fsp3) is 0.222. The summed E-state index contributed by atoms with van der Waals surface area (Å²) < 4.78 is 8.96. The SMILES string of the molecule is COc1c(C)cc(Cl)cc1Nc1nnns1. The van der Waals surface area contributed by atoms with Gasteiger partial charge in [0.15, 0.2) is 0 Å². The predicted octanol–water partition coefficient (Wildman–Crippen LogP) is 2.65. The van der Waals surface area contributed by atoms with Gasteiger partial charge < -0.3 is 10.1 Å². The maximum Gasteiger partial charge on any atom is 0.229 e. The van der Waals surface area contributed by atoms with Crippen LogP contribution >= 0.6 is 23.1 Å². The molecular weight excluding hydrogens is 248 g/mol. The summed E-state index contributed by atoms with van der Waals surface area (Å²) in [6.07, 6.45) is 0. The molecule has 0 saturated carbocycles. The molecule has 5 nitrogen and oxygen atoms in total. The zero-order valence-electron chi connectivity index (χ0n) is 8.69. The zero-order valence-corrected chi connectivity index (χ0v) is 10.3. The number of benzene rings is 1. The van der Waals surface area contributed by atoms with E-state index in [4.69, 9.17) is 16.3 Å². The predicted molar refractivity (Wildman–Crippen MR) is 63.7 cm³/mol. The Morgan fingerprint density at radius 3 is 2.88 bits per heavy atom. The van der Waals surface area contributed by atoms with E-state index in [0.717, 1.165) is 17.0 Å². The molecule has 0 aliphatic heterocycles. The number of rotatable bonds is 3. The minimum Gasteiger partial charge on any atom is -0.494 e. The average molecular weight is 257 g/mol. The first-order valence-electron chi connectivity index (χ1n) is 4.47. The van der Waals surface area contributed by atoms with Crippen LogP contribution < -0.4 is 10.1 Å². The Hall–Kier alpha value is -1.40. The van der Waals surface area contributed by atoms with Crippen molar-refractivity contribution in [3.05, 3.63) is 22.7 Å². The third kappa shape index (κ3) is 2.23. The van der Waals surface area contributed by atoms with Gasteiger partial charge in [-0.1, -0.05) is 21.2 Å². The molecule has 16 heavy (non-hydrogen) atoms. The number of ether oxygens (including phenoxy) is 1.